The third-order valence-corrected chi connectivity index (χ3v) is 3.19. The van der Waals surface area contributed by atoms with Gasteiger partial charge in [0.05, 0.1) is 7.11 Å². The zero-order valence-corrected chi connectivity index (χ0v) is 13.1. The van der Waals surface area contributed by atoms with Crippen molar-refractivity contribution in [1.82, 2.24) is 4.90 Å². The minimum Gasteiger partial charge on any atom is -0.496 e. The molecule has 0 bridgehead atoms. The van der Waals surface area contributed by atoms with Crippen molar-refractivity contribution in [3.05, 3.63) is 35.4 Å². The fourth-order valence-corrected chi connectivity index (χ4v) is 2.33. The number of ether oxygens (including phenoxy) is 1. The second-order valence-corrected chi connectivity index (χ2v) is 5.02. The van der Waals surface area contributed by atoms with E-state index < -0.39 is 5.97 Å². The van der Waals surface area contributed by atoms with Crippen LogP contribution in [0.1, 0.15) is 37.8 Å². The van der Waals surface area contributed by atoms with Gasteiger partial charge in [0.25, 0.3) is 0 Å². The van der Waals surface area contributed by atoms with Crippen LogP contribution in [0, 0.1) is 0 Å². The fourth-order valence-electron chi connectivity index (χ4n) is 2.33. The van der Waals surface area contributed by atoms with Crippen LogP contribution >= 0.6 is 0 Å². The molecule has 0 amide bonds. The predicted octanol–water partition coefficient (Wildman–Crippen LogP) is 3.42. The van der Waals surface area contributed by atoms with Gasteiger partial charge in [0, 0.05) is 18.2 Å². The van der Waals surface area contributed by atoms with Crippen molar-refractivity contribution in [2.75, 3.05) is 20.2 Å². The molecule has 116 valence electrons. The molecule has 0 radical (unpaired) electrons. The standard InChI is InChI=1S/C17H25NO3/c1-4-10-18(11-5-2)13-14-6-8-16(21-3)15(12-14)7-9-17(19)20/h6-9,12H,4-5,10-11,13H2,1-3H3,(H,19,20). The summed E-state index contributed by atoms with van der Waals surface area (Å²) >= 11 is 0. The van der Waals surface area contributed by atoms with E-state index in [9.17, 15) is 4.79 Å². The third-order valence-electron chi connectivity index (χ3n) is 3.19. The maximum Gasteiger partial charge on any atom is 0.328 e. The molecule has 0 unspecified atom stereocenters. The molecule has 1 rings (SSSR count). The summed E-state index contributed by atoms with van der Waals surface area (Å²) in [6.45, 7) is 7.37. The Labute approximate surface area is 127 Å². The molecule has 0 aliphatic carbocycles. The molecule has 0 heterocycles. The highest BCUT2D eigenvalue weighted by atomic mass is 16.5. The number of hydrogen-bond acceptors (Lipinski definition) is 3. The molecule has 1 aromatic carbocycles. The highest BCUT2D eigenvalue weighted by molar-refractivity contribution is 5.85. The number of nitrogens with zero attached hydrogens (tertiary/aromatic N) is 1. The Morgan fingerprint density at radius 1 is 1.29 bits per heavy atom. The van der Waals surface area contributed by atoms with E-state index in [0.717, 1.165) is 44.1 Å². The lowest BCUT2D eigenvalue weighted by molar-refractivity contribution is -0.131. The van der Waals surface area contributed by atoms with Crippen LogP contribution in [0.5, 0.6) is 5.75 Å². The number of methoxy groups -OCH3 is 1. The number of benzene rings is 1. The van der Waals surface area contributed by atoms with E-state index in [0.29, 0.717) is 5.75 Å². The first-order chi connectivity index (χ1) is 10.1. The van der Waals surface area contributed by atoms with Crippen molar-refractivity contribution in [3.63, 3.8) is 0 Å². The second kappa shape index (κ2) is 9.19. The quantitative estimate of drug-likeness (QED) is 0.708. The number of carbonyl (C=O) groups is 1. The highest BCUT2D eigenvalue weighted by Crippen LogP contribution is 2.22. The Morgan fingerprint density at radius 2 is 1.95 bits per heavy atom. The molecule has 0 aliphatic heterocycles. The van der Waals surface area contributed by atoms with E-state index >= 15 is 0 Å². The molecule has 1 N–H and O–H groups in total. The predicted molar refractivity (Wildman–Crippen MR) is 85.5 cm³/mol. The monoisotopic (exact) mass is 291 g/mol. The van der Waals surface area contributed by atoms with Gasteiger partial charge in [-0.1, -0.05) is 19.9 Å². The summed E-state index contributed by atoms with van der Waals surface area (Å²) in [5.74, 6) is -0.269. The summed E-state index contributed by atoms with van der Waals surface area (Å²) in [5.41, 5.74) is 1.97. The van der Waals surface area contributed by atoms with E-state index in [1.807, 2.05) is 18.2 Å². The Hall–Kier alpha value is -1.81. The molecular formula is C17H25NO3. The Balaban J connectivity index is 2.92. The summed E-state index contributed by atoms with van der Waals surface area (Å²) < 4.78 is 5.27. The minimum absolute atomic E-state index is 0.689. The molecule has 0 saturated heterocycles. The minimum atomic E-state index is -0.957. The summed E-state index contributed by atoms with van der Waals surface area (Å²) in [5, 5.41) is 8.76. The molecule has 0 aromatic heterocycles. The number of carboxylic acid groups (broad SMARTS) is 1. The summed E-state index contributed by atoms with van der Waals surface area (Å²) in [6.07, 6.45) is 4.97. The molecular weight excluding hydrogens is 266 g/mol. The van der Waals surface area contributed by atoms with Gasteiger partial charge < -0.3 is 9.84 Å². The van der Waals surface area contributed by atoms with Crippen molar-refractivity contribution in [3.8, 4) is 5.75 Å². The summed E-state index contributed by atoms with van der Waals surface area (Å²) in [6, 6.07) is 5.93. The SMILES string of the molecule is CCCN(CCC)Cc1ccc(OC)c(C=CC(=O)O)c1. The van der Waals surface area contributed by atoms with Crippen molar-refractivity contribution < 1.29 is 14.6 Å². The van der Waals surface area contributed by atoms with Crippen molar-refractivity contribution in [2.24, 2.45) is 0 Å². The van der Waals surface area contributed by atoms with Gasteiger partial charge in [0.2, 0.25) is 0 Å². The van der Waals surface area contributed by atoms with Gasteiger partial charge in [-0.3, -0.25) is 4.90 Å². The first kappa shape index (κ1) is 17.2. The van der Waals surface area contributed by atoms with Crippen molar-refractivity contribution in [1.29, 1.82) is 0 Å². The average Bonchev–Trinajstić information content (AvgIpc) is 2.46. The topological polar surface area (TPSA) is 49.8 Å². The maximum absolute atomic E-state index is 10.7. The van der Waals surface area contributed by atoms with Crippen LogP contribution in [0.3, 0.4) is 0 Å². The molecule has 0 saturated carbocycles. The van der Waals surface area contributed by atoms with Gasteiger partial charge in [-0.15, -0.1) is 0 Å². The van der Waals surface area contributed by atoms with Gasteiger partial charge >= 0.3 is 5.97 Å². The smallest absolute Gasteiger partial charge is 0.328 e. The lowest BCUT2D eigenvalue weighted by Crippen LogP contribution is -2.24. The van der Waals surface area contributed by atoms with Crippen LogP contribution < -0.4 is 4.74 Å². The van der Waals surface area contributed by atoms with E-state index in [4.69, 9.17) is 9.84 Å². The van der Waals surface area contributed by atoms with Crippen LogP contribution in [0.4, 0.5) is 0 Å². The van der Waals surface area contributed by atoms with Crippen LogP contribution in [0.2, 0.25) is 0 Å². The Morgan fingerprint density at radius 3 is 2.48 bits per heavy atom. The molecule has 4 nitrogen and oxygen atoms in total. The van der Waals surface area contributed by atoms with E-state index in [-0.39, 0.29) is 0 Å². The fraction of sp³-hybridized carbons (Fsp3) is 0.471. The van der Waals surface area contributed by atoms with Gasteiger partial charge in [0.1, 0.15) is 5.75 Å². The lowest BCUT2D eigenvalue weighted by Gasteiger charge is -2.21. The van der Waals surface area contributed by atoms with Gasteiger partial charge in [-0.25, -0.2) is 4.79 Å². The van der Waals surface area contributed by atoms with E-state index in [2.05, 4.69) is 18.7 Å². The third kappa shape index (κ3) is 6.00. The highest BCUT2D eigenvalue weighted by Gasteiger charge is 2.07. The van der Waals surface area contributed by atoms with Gasteiger partial charge in [0.15, 0.2) is 0 Å². The number of rotatable bonds is 9. The van der Waals surface area contributed by atoms with Crippen molar-refractivity contribution >= 4 is 12.0 Å². The van der Waals surface area contributed by atoms with E-state index in [1.54, 1.807) is 13.2 Å². The molecule has 0 fully saturated rings. The molecule has 0 atom stereocenters. The normalized spacial score (nSPS) is 11.2. The Bertz CT molecular complexity index is 477. The molecule has 0 spiro atoms. The first-order valence-electron chi connectivity index (χ1n) is 7.41. The average molecular weight is 291 g/mol. The zero-order valence-electron chi connectivity index (χ0n) is 13.1. The van der Waals surface area contributed by atoms with Crippen LogP contribution in [-0.2, 0) is 11.3 Å². The molecule has 4 heteroatoms. The van der Waals surface area contributed by atoms with Crippen LogP contribution in [-0.4, -0.2) is 36.2 Å². The maximum atomic E-state index is 10.7. The van der Waals surface area contributed by atoms with Crippen LogP contribution in [0.15, 0.2) is 24.3 Å². The summed E-state index contributed by atoms with van der Waals surface area (Å²) in [7, 11) is 1.59. The van der Waals surface area contributed by atoms with Crippen molar-refractivity contribution in [2.45, 2.75) is 33.2 Å². The lowest BCUT2D eigenvalue weighted by atomic mass is 10.1. The van der Waals surface area contributed by atoms with E-state index in [1.165, 1.54) is 5.56 Å². The number of aliphatic carboxylic acids is 1. The largest absolute Gasteiger partial charge is 0.496 e. The number of carboxylic acids is 1. The van der Waals surface area contributed by atoms with Crippen LogP contribution in [0.25, 0.3) is 6.08 Å². The zero-order chi connectivity index (χ0) is 15.7. The number of hydrogen-bond donors (Lipinski definition) is 1. The Kier molecular flexibility index (Phi) is 7.54. The summed E-state index contributed by atoms with van der Waals surface area (Å²) in [4.78, 5) is 13.1. The van der Waals surface area contributed by atoms with Gasteiger partial charge in [-0.2, -0.15) is 0 Å². The molecule has 1 aromatic rings. The molecule has 21 heavy (non-hydrogen) atoms. The first-order valence-corrected chi connectivity index (χ1v) is 7.41. The molecule has 0 aliphatic rings. The van der Waals surface area contributed by atoms with Gasteiger partial charge in [-0.05, 0) is 49.7 Å². The second-order valence-electron chi connectivity index (χ2n) is 5.02.